The lowest BCUT2D eigenvalue weighted by Gasteiger charge is -2.07. The van der Waals surface area contributed by atoms with Crippen LogP contribution in [-0.2, 0) is 27.7 Å². The van der Waals surface area contributed by atoms with E-state index in [0.717, 1.165) is 29.7 Å². The van der Waals surface area contributed by atoms with Crippen LogP contribution in [0.5, 0.6) is 0 Å². The van der Waals surface area contributed by atoms with Crippen LogP contribution in [0.15, 0.2) is 59.8 Å². The number of hydrogen-bond donors (Lipinski definition) is 2. The van der Waals surface area contributed by atoms with Crippen molar-refractivity contribution in [2.75, 3.05) is 6.54 Å². The molecule has 4 rings (SSSR count). The van der Waals surface area contributed by atoms with Crippen molar-refractivity contribution in [3.8, 4) is 0 Å². The zero-order chi connectivity index (χ0) is 20.3. The van der Waals surface area contributed by atoms with E-state index in [2.05, 4.69) is 15.0 Å². The number of nitrogens with zero attached hydrogens (tertiary/aromatic N) is 2. The number of amides is 1. The molecule has 1 aromatic carbocycles. The van der Waals surface area contributed by atoms with Gasteiger partial charge in [0.25, 0.3) is 0 Å². The molecular weight excluding hydrogens is 388 g/mol. The van der Waals surface area contributed by atoms with E-state index in [4.69, 9.17) is 0 Å². The van der Waals surface area contributed by atoms with E-state index in [9.17, 15) is 13.2 Å². The highest BCUT2D eigenvalue weighted by molar-refractivity contribution is 7.89. The smallest absolute Gasteiger partial charge is 0.240 e. The van der Waals surface area contributed by atoms with E-state index in [0.29, 0.717) is 25.8 Å². The molecule has 0 atom stereocenters. The van der Waals surface area contributed by atoms with Gasteiger partial charge in [-0.1, -0.05) is 18.2 Å². The minimum atomic E-state index is -3.43. The number of imidazole rings is 1. The lowest BCUT2D eigenvalue weighted by atomic mass is 10.1. The summed E-state index contributed by atoms with van der Waals surface area (Å²) >= 11 is 0. The van der Waals surface area contributed by atoms with Crippen molar-refractivity contribution in [1.29, 1.82) is 0 Å². The molecule has 0 radical (unpaired) electrons. The molecule has 0 aliphatic heterocycles. The van der Waals surface area contributed by atoms with Crippen LogP contribution in [0, 0.1) is 0 Å². The Balaban J connectivity index is 1.22. The molecule has 152 valence electrons. The number of benzene rings is 1. The first-order valence-electron chi connectivity index (χ1n) is 9.80. The molecule has 1 aliphatic rings. The van der Waals surface area contributed by atoms with E-state index in [-0.39, 0.29) is 16.8 Å². The Morgan fingerprint density at radius 3 is 2.62 bits per heavy atom. The third kappa shape index (κ3) is 5.21. The predicted molar refractivity (Wildman–Crippen MR) is 110 cm³/mol. The number of pyridine rings is 1. The fourth-order valence-electron chi connectivity index (χ4n) is 3.11. The summed E-state index contributed by atoms with van der Waals surface area (Å²) in [4.78, 5) is 16.9. The van der Waals surface area contributed by atoms with Gasteiger partial charge < -0.3 is 9.72 Å². The van der Waals surface area contributed by atoms with Crippen molar-refractivity contribution in [2.45, 2.75) is 43.0 Å². The maximum absolute atomic E-state index is 12.2. The summed E-state index contributed by atoms with van der Waals surface area (Å²) in [5.74, 6) is -0.0270. The summed E-state index contributed by atoms with van der Waals surface area (Å²) in [5.41, 5.74) is 2.77. The second-order valence-electron chi connectivity index (χ2n) is 7.34. The van der Waals surface area contributed by atoms with Crippen LogP contribution in [0.3, 0.4) is 0 Å². The van der Waals surface area contributed by atoms with Crippen molar-refractivity contribution in [1.82, 2.24) is 19.4 Å². The van der Waals surface area contributed by atoms with Gasteiger partial charge >= 0.3 is 0 Å². The Morgan fingerprint density at radius 2 is 1.90 bits per heavy atom. The van der Waals surface area contributed by atoms with Gasteiger partial charge in [0.05, 0.1) is 10.6 Å². The minimum absolute atomic E-state index is 0.0270. The molecule has 2 aromatic heterocycles. The quantitative estimate of drug-likeness (QED) is 0.563. The van der Waals surface area contributed by atoms with Crippen molar-refractivity contribution >= 4 is 21.6 Å². The Kier molecular flexibility index (Phi) is 5.64. The summed E-state index contributed by atoms with van der Waals surface area (Å²) < 4.78 is 29.0. The largest absolute Gasteiger partial charge is 0.356 e. The number of aryl methyl sites for hydroxylation is 1. The molecule has 1 amide bonds. The average Bonchev–Trinajstić information content (AvgIpc) is 3.41. The van der Waals surface area contributed by atoms with Gasteiger partial charge in [0.2, 0.25) is 15.9 Å². The number of nitrogens with one attached hydrogen (secondary N) is 2. The van der Waals surface area contributed by atoms with Crippen molar-refractivity contribution < 1.29 is 13.2 Å². The molecular formula is C21H24N4O3S. The first kappa shape index (κ1) is 19.6. The number of carbonyl (C=O) groups is 1. The molecule has 2 heterocycles. The first-order valence-corrected chi connectivity index (χ1v) is 11.3. The van der Waals surface area contributed by atoms with Gasteiger partial charge in [-0.05, 0) is 49.1 Å². The average molecular weight is 413 g/mol. The number of aromatic nitrogens is 2. The zero-order valence-corrected chi connectivity index (χ0v) is 16.9. The molecule has 29 heavy (non-hydrogen) atoms. The number of fused-ring (bicyclic) bond motifs is 1. The highest BCUT2D eigenvalue weighted by Crippen LogP contribution is 2.22. The van der Waals surface area contributed by atoms with Crippen molar-refractivity contribution in [3.63, 3.8) is 0 Å². The van der Waals surface area contributed by atoms with Crippen LogP contribution in [0.1, 0.15) is 30.5 Å². The van der Waals surface area contributed by atoms with Crippen LogP contribution in [0.4, 0.5) is 0 Å². The van der Waals surface area contributed by atoms with Crippen LogP contribution >= 0.6 is 0 Å². The molecule has 2 N–H and O–H groups in total. The summed E-state index contributed by atoms with van der Waals surface area (Å²) in [6.07, 6.45) is 7.33. The normalized spacial score (nSPS) is 14.2. The second-order valence-corrected chi connectivity index (χ2v) is 9.05. The molecule has 0 unspecified atom stereocenters. The van der Waals surface area contributed by atoms with Gasteiger partial charge in [0, 0.05) is 37.8 Å². The van der Waals surface area contributed by atoms with E-state index in [1.807, 2.05) is 35.0 Å². The van der Waals surface area contributed by atoms with Gasteiger partial charge in [0.15, 0.2) is 0 Å². The van der Waals surface area contributed by atoms with Crippen LogP contribution < -0.4 is 10.0 Å². The Bertz CT molecular complexity index is 1070. The topological polar surface area (TPSA) is 92.6 Å². The Morgan fingerprint density at radius 1 is 1.10 bits per heavy atom. The zero-order valence-electron chi connectivity index (χ0n) is 16.0. The Labute approximate surface area is 170 Å². The molecule has 1 fully saturated rings. The lowest BCUT2D eigenvalue weighted by Crippen LogP contribution is -2.26. The molecule has 1 saturated carbocycles. The summed E-state index contributed by atoms with van der Waals surface area (Å²) in [7, 11) is -3.43. The number of sulfonamides is 1. The third-order valence-corrected chi connectivity index (χ3v) is 6.43. The molecule has 8 heteroatoms. The fraction of sp³-hybridized carbons (Fsp3) is 0.333. The summed E-state index contributed by atoms with van der Waals surface area (Å²) in [6, 6.07) is 12.7. The van der Waals surface area contributed by atoms with E-state index in [1.54, 1.807) is 24.3 Å². The molecule has 7 nitrogen and oxygen atoms in total. The molecule has 3 aromatic rings. The highest BCUT2D eigenvalue weighted by Gasteiger charge is 2.27. The van der Waals surface area contributed by atoms with Gasteiger partial charge in [0.1, 0.15) is 5.65 Å². The second kappa shape index (κ2) is 8.34. The number of rotatable bonds is 9. The Hall–Kier alpha value is -2.71. The van der Waals surface area contributed by atoms with Gasteiger partial charge in [-0.3, -0.25) is 4.79 Å². The van der Waals surface area contributed by atoms with Crippen molar-refractivity contribution in [2.24, 2.45) is 0 Å². The third-order valence-electron chi connectivity index (χ3n) is 4.89. The van der Waals surface area contributed by atoms with E-state index < -0.39 is 10.0 Å². The SMILES string of the molecule is O=C(CCc1ccc(S(=O)(=O)NC2CC2)cc1)NCCc1cn2ccccc2n1. The van der Waals surface area contributed by atoms with Crippen LogP contribution in [0.2, 0.25) is 0 Å². The summed E-state index contributed by atoms with van der Waals surface area (Å²) in [6.45, 7) is 0.534. The maximum atomic E-state index is 12.2. The van der Waals surface area contributed by atoms with E-state index in [1.165, 1.54) is 0 Å². The predicted octanol–water partition coefficient (Wildman–Crippen LogP) is 2.07. The maximum Gasteiger partial charge on any atom is 0.240 e. The monoisotopic (exact) mass is 412 g/mol. The first-order chi connectivity index (χ1) is 14.0. The lowest BCUT2D eigenvalue weighted by molar-refractivity contribution is -0.121. The molecule has 0 bridgehead atoms. The summed E-state index contributed by atoms with van der Waals surface area (Å²) in [5, 5.41) is 2.92. The molecule has 0 spiro atoms. The van der Waals surface area contributed by atoms with Crippen LogP contribution in [-0.4, -0.2) is 36.3 Å². The molecule has 0 saturated heterocycles. The van der Waals surface area contributed by atoms with Crippen molar-refractivity contribution in [3.05, 3.63) is 66.1 Å². The standard InChI is InChI=1S/C21H24N4O3S/c26-21(22-13-12-18-15-25-14-2-1-3-20(25)23-18)11-6-16-4-9-19(10-5-16)29(27,28)24-17-7-8-17/h1-5,9-10,14-15,17,24H,6-8,11-13H2,(H,22,26). The van der Waals surface area contributed by atoms with E-state index >= 15 is 0 Å². The van der Waals surface area contributed by atoms with Gasteiger partial charge in [-0.15, -0.1) is 0 Å². The molecule has 1 aliphatic carbocycles. The fourth-order valence-corrected chi connectivity index (χ4v) is 4.41. The minimum Gasteiger partial charge on any atom is -0.356 e. The number of hydrogen-bond acceptors (Lipinski definition) is 4. The number of carbonyl (C=O) groups excluding carboxylic acids is 1. The highest BCUT2D eigenvalue weighted by atomic mass is 32.2. The van der Waals surface area contributed by atoms with Gasteiger partial charge in [-0.2, -0.15) is 0 Å². The van der Waals surface area contributed by atoms with Gasteiger partial charge in [-0.25, -0.2) is 18.1 Å². The van der Waals surface area contributed by atoms with Crippen LogP contribution in [0.25, 0.3) is 5.65 Å².